The standard InChI is InChI=1S/C19H25N3O3/c1-3-15(23)4-5-17(18(20)24)22-11-14-8-12-6-7-21(2)10-13(12)9-16(14)19(22)25/h8-9,17H,3-7,10-11H2,1-2H3,(H2,20,24). The zero-order chi connectivity index (χ0) is 18.1. The number of nitrogens with two attached hydrogens (primary N) is 1. The summed E-state index contributed by atoms with van der Waals surface area (Å²) in [6, 6.07) is 3.35. The second-order valence-corrected chi connectivity index (χ2v) is 7.05. The third-order valence-electron chi connectivity index (χ3n) is 5.26. The molecule has 0 aliphatic carbocycles. The Labute approximate surface area is 148 Å². The maximum absolute atomic E-state index is 12.8. The molecule has 0 bridgehead atoms. The van der Waals surface area contributed by atoms with E-state index in [0.29, 0.717) is 24.9 Å². The number of benzene rings is 1. The molecule has 1 atom stereocenters. The zero-order valence-electron chi connectivity index (χ0n) is 14.9. The van der Waals surface area contributed by atoms with Gasteiger partial charge in [-0.2, -0.15) is 0 Å². The number of Topliss-reactive ketones (excluding diaryl/α,β-unsaturated/α-hetero) is 1. The van der Waals surface area contributed by atoms with Crippen molar-refractivity contribution in [3.63, 3.8) is 0 Å². The van der Waals surface area contributed by atoms with Gasteiger partial charge in [-0.25, -0.2) is 0 Å². The van der Waals surface area contributed by atoms with Crippen LogP contribution in [0, 0.1) is 0 Å². The van der Waals surface area contributed by atoms with Crippen molar-refractivity contribution in [2.45, 2.75) is 51.7 Å². The van der Waals surface area contributed by atoms with Crippen LogP contribution in [0.4, 0.5) is 0 Å². The molecule has 2 heterocycles. The van der Waals surface area contributed by atoms with Gasteiger partial charge < -0.3 is 15.5 Å². The Morgan fingerprint density at radius 3 is 2.64 bits per heavy atom. The van der Waals surface area contributed by atoms with Gasteiger partial charge in [0.25, 0.3) is 5.91 Å². The molecule has 3 rings (SSSR count). The van der Waals surface area contributed by atoms with Crippen LogP contribution in [0.2, 0.25) is 0 Å². The third-order valence-corrected chi connectivity index (χ3v) is 5.26. The first-order chi connectivity index (χ1) is 11.9. The predicted molar refractivity (Wildman–Crippen MR) is 93.9 cm³/mol. The van der Waals surface area contributed by atoms with E-state index in [-0.39, 0.29) is 18.1 Å². The quantitative estimate of drug-likeness (QED) is 0.842. The van der Waals surface area contributed by atoms with Crippen LogP contribution in [0.5, 0.6) is 0 Å². The third kappa shape index (κ3) is 3.44. The van der Waals surface area contributed by atoms with Gasteiger partial charge in [0, 0.05) is 38.0 Å². The summed E-state index contributed by atoms with van der Waals surface area (Å²) in [6.07, 6.45) is 1.97. The maximum Gasteiger partial charge on any atom is 0.255 e. The smallest absolute Gasteiger partial charge is 0.255 e. The lowest BCUT2D eigenvalue weighted by Crippen LogP contribution is -2.45. The van der Waals surface area contributed by atoms with E-state index < -0.39 is 11.9 Å². The van der Waals surface area contributed by atoms with Crippen molar-refractivity contribution >= 4 is 17.6 Å². The van der Waals surface area contributed by atoms with Crippen LogP contribution in [-0.4, -0.2) is 47.0 Å². The fourth-order valence-corrected chi connectivity index (χ4v) is 3.72. The number of hydrogen-bond donors (Lipinski definition) is 1. The van der Waals surface area contributed by atoms with E-state index >= 15 is 0 Å². The second-order valence-electron chi connectivity index (χ2n) is 7.05. The van der Waals surface area contributed by atoms with E-state index in [1.807, 2.05) is 6.07 Å². The number of ketones is 1. The highest BCUT2D eigenvalue weighted by Crippen LogP contribution is 2.31. The van der Waals surface area contributed by atoms with Crippen LogP contribution in [0.3, 0.4) is 0 Å². The zero-order valence-corrected chi connectivity index (χ0v) is 14.9. The Morgan fingerprint density at radius 1 is 1.20 bits per heavy atom. The predicted octanol–water partition coefficient (Wildman–Crippen LogP) is 1.24. The Morgan fingerprint density at radius 2 is 1.96 bits per heavy atom. The Kier molecular flexibility index (Phi) is 4.90. The summed E-state index contributed by atoms with van der Waals surface area (Å²) in [6.45, 7) is 4.03. The lowest BCUT2D eigenvalue weighted by Gasteiger charge is -2.25. The Bertz CT molecular complexity index is 729. The average molecular weight is 343 g/mol. The molecule has 1 aromatic carbocycles. The summed E-state index contributed by atoms with van der Waals surface area (Å²) < 4.78 is 0. The van der Waals surface area contributed by atoms with Crippen molar-refractivity contribution in [3.8, 4) is 0 Å². The molecule has 6 nitrogen and oxygen atoms in total. The Balaban J connectivity index is 1.83. The molecular weight excluding hydrogens is 318 g/mol. The largest absolute Gasteiger partial charge is 0.368 e. The summed E-state index contributed by atoms with van der Waals surface area (Å²) in [5.41, 5.74) is 9.62. The number of nitrogens with zero attached hydrogens (tertiary/aromatic N) is 2. The van der Waals surface area contributed by atoms with Crippen LogP contribution >= 0.6 is 0 Å². The van der Waals surface area contributed by atoms with Crippen LogP contribution in [0.25, 0.3) is 0 Å². The molecular formula is C19H25N3O3. The fourth-order valence-electron chi connectivity index (χ4n) is 3.72. The highest BCUT2D eigenvalue weighted by molar-refractivity contribution is 6.01. The number of rotatable bonds is 6. The van der Waals surface area contributed by atoms with Gasteiger partial charge in [-0.3, -0.25) is 14.4 Å². The number of hydrogen-bond acceptors (Lipinski definition) is 4. The normalized spacial score (nSPS) is 18.0. The van der Waals surface area contributed by atoms with Crippen LogP contribution in [-0.2, 0) is 29.1 Å². The molecule has 0 saturated carbocycles. The second kappa shape index (κ2) is 6.96. The van der Waals surface area contributed by atoms with Crippen LogP contribution in [0.1, 0.15) is 53.2 Å². The average Bonchev–Trinajstić information content (AvgIpc) is 2.88. The van der Waals surface area contributed by atoms with E-state index in [2.05, 4.69) is 18.0 Å². The van der Waals surface area contributed by atoms with Gasteiger partial charge in [0.05, 0.1) is 0 Å². The Hall–Kier alpha value is -2.21. The molecule has 0 saturated heterocycles. The van der Waals surface area contributed by atoms with Crippen molar-refractivity contribution in [2.24, 2.45) is 5.73 Å². The highest BCUT2D eigenvalue weighted by Gasteiger charge is 2.36. The molecule has 0 spiro atoms. The van der Waals surface area contributed by atoms with Crippen molar-refractivity contribution in [1.82, 2.24) is 9.80 Å². The summed E-state index contributed by atoms with van der Waals surface area (Å²) in [7, 11) is 2.07. The van der Waals surface area contributed by atoms with Crippen molar-refractivity contribution < 1.29 is 14.4 Å². The molecule has 2 aliphatic rings. The molecule has 0 aromatic heterocycles. The van der Waals surface area contributed by atoms with Gasteiger partial charge in [0.1, 0.15) is 11.8 Å². The number of primary amides is 1. The molecule has 0 radical (unpaired) electrons. The molecule has 1 unspecified atom stereocenters. The summed E-state index contributed by atoms with van der Waals surface area (Å²) in [5, 5.41) is 0. The van der Waals surface area contributed by atoms with Gasteiger partial charge in [-0.1, -0.05) is 13.0 Å². The van der Waals surface area contributed by atoms with Crippen molar-refractivity contribution in [3.05, 3.63) is 34.4 Å². The van der Waals surface area contributed by atoms with Crippen LogP contribution in [0.15, 0.2) is 12.1 Å². The molecule has 1 aromatic rings. The first kappa shape index (κ1) is 17.6. The molecule has 2 amide bonds. The number of fused-ring (bicyclic) bond motifs is 2. The number of likely N-dealkylation sites (N-methyl/N-ethyl adjacent to an activating group) is 1. The van der Waals surface area contributed by atoms with Crippen molar-refractivity contribution in [2.75, 3.05) is 13.6 Å². The molecule has 2 aliphatic heterocycles. The maximum atomic E-state index is 12.8. The number of amides is 2. The molecule has 25 heavy (non-hydrogen) atoms. The fraction of sp³-hybridized carbons (Fsp3) is 0.526. The molecule has 0 fully saturated rings. The van der Waals surface area contributed by atoms with Gasteiger partial charge in [0.15, 0.2) is 0 Å². The lowest BCUT2D eigenvalue weighted by molar-refractivity contribution is -0.123. The first-order valence-electron chi connectivity index (χ1n) is 8.86. The van der Waals surface area contributed by atoms with Gasteiger partial charge in [-0.05, 0) is 42.6 Å². The minimum atomic E-state index is -0.727. The van der Waals surface area contributed by atoms with E-state index in [4.69, 9.17) is 5.73 Å². The van der Waals surface area contributed by atoms with Gasteiger partial charge >= 0.3 is 0 Å². The minimum absolute atomic E-state index is 0.0777. The SMILES string of the molecule is CCC(=O)CCC(C(N)=O)N1Cc2cc3c(cc2C1=O)CN(C)CC3. The van der Waals surface area contributed by atoms with Gasteiger partial charge in [0.2, 0.25) is 5.91 Å². The monoisotopic (exact) mass is 343 g/mol. The van der Waals surface area contributed by atoms with E-state index in [0.717, 1.165) is 25.1 Å². The van der Waals surface area contributed by atoms with Crippen molar-refractivity contribution in [1.29, 1.82) is 0 Å². The number of carbonyl (C=O) groups is 3. The molecule has 6 heteroatoms. The topological polar surface area (TPSA) is 83.7 Å². The summed E-state index contributed by atoms with van der Waals surface area (Å²) in [4.78, 5) is 40.1. The van der Waals surface area contributed by atoms with E-state index in [9.17, 15) is 14.4 Å². The molecule has 2 N–H and O–H groups in total. The summed E-state index contributed by atoms with van der Waals surface area (Å²) in [5.74, 6) is -0.623. The number of carbonyl (C=O) groups excluding carboxylic acids is 3. The van der Waals surface area contributed by atoms with Gasteiger partial charge in [-0.15, -0.1) is 0 Å². The highest BCUT2D eigenvalue weighted by atomic mass is 16.2. The summed E-state index contributed by atoms with van der Waals surface area (Å²) >= 11 is 0. The van der Waals surface area contributed by atoms with E-state index in [1.165, 1.54) is 16.0 Å². The lowest BCUT2D eigenvalue weighted by atomic mass is 9.95. The minimum Gasteiger partial charge on any atom is -0.368 e. The van der Waals surface area contributed by atoms with Crippen LogP contribution < -0.4 is 5.73 Å². The molecule has 134 valence electrons. The van der Waals surface area contributed by atoms with E-state index in [1.54, 1.807) is 6.92 Å². The first-order valence-corrected chi connectivity index (χ1v) is 8.86.